The topological polar surface area (TPSA) is 54.0 Å². The molecule has 0 saturated carbocycles. The summed E-state index contributed by atoms with van der Waals surface area (Å²) in [4.78, 5) is 14.7. The Morgan fingerprint density at radius 2 is 1.78 bits per heavy atom. The van der Waals surface area contributed by atoms with Crippen LogP contribution < -0.4 is 0 Å². The molecule has 0 aliphatic carbocycles. The number of pyridine rings is 2. The zero-order valence-corrected chi connectivity index (χ0v) is 16.4. The average molecular weight is 423 g/mol. The number of nitrogens with one attached hydrogen (secondary N) is 1. The highest BCUT2D eigenvalue weighted by molar-refractivity contribution is 9.10. The van der Waals surface area contributed by atoms with Gasteiger partial charge in [-0.25, -0.2) is 9.97 Å². The summed E-state index contributed by atoms with van der Waals surface area (Å²) in [7, 11) is 0. The Morgan fingerprint density at radius 3 is 2.59 bits per heavy atom. The van der Waals surface area contributed by atoms with E-state index >= 15 is 0 Å². The Labute approximate surface area is 165 Å². The van der Waals surface area contributed by atoms with Gasteiger partial charge in [-0.3, -0.25) is 4.90 Å². The van der Waals surface area contributed by atoms with Crippen molar-refractivity contribution in [1.29, 1.82) is 0 Å². The van der Waals surface area contributed by atoms with Crippen molar-refractivity contribution in [2.45, 2.75) is 6.54 Å². The van der Waals surface area contributed by atoms with Gasteiger partial charge in [0.2, 0.25) is 0 Å². The Hall–Kier alpha value is -2.28. The highest BCUT2D eigenvalue weighted by atomic mass is 79.9. The van der Waals surface area contributed by atoms with E-state index in [-0.39, 0.29) is 0 Å². The summed E-state index contributed by atoms with van der Waals surface area (Å²) >= 11 is 3.46. The molecule has 0 amide bonds. The summed E-state index contributed by atoms with van der Waals surface area (Å²) in [6.45, 7) is 4.66. The van der Waals surface area contributed by atoms with Gasteiger partial charge in [-0.1, -0.05) is 24.3 Å². The van der Waals surface area contributed by atoms with Crippen molar-refractivity contribution in [3.05, 3.63) is 59.0 Å². The predicted molar refractivity (Wildman–Crippen MR) is 111 cm³/mol. The molecular formula is C21H19BrN4O. The van der Waals surface area contributed by atoms with Crippen LogP contribution in [0.5, 0.6) is 0 Å². The molecule has 5 rings (SSSR count). The smallest absolute Gasteiger partial charge is 0.138 e. The number of halogens is 1. The standard InChI is InChI=1S/C21H19BrN4O/c22-20-10-17-18-9-16(11-24-21(18)25-19(17)12-23-20)15-3-1-14(2-4-15)13-26-5-7-27-8-6-26/h1-4,9-12H,5-8,13H2,(H,24,25). The molecule has 5 nitrogen and oxygen atoms in total. The number of ether oxygens (including phenoxy) is 1. The van der Waals surface area contributed by atoms with Crippen LogP contribution in [-0.2, 0) is 11.3 Å². The van der Waals surface area contributed by atoms with E-state index < -0.39 is 0 Å². The fourth-order valence-corrected chi connectivity index (χ4v) is 3.96. The quantitative estimate of drug-likeness (QED) is 0.498. The maximum Gasteiger partial charge on any atom is 0.138 e. The molecule has 136 valence electrons. The van der Waals surface area contributed by atoms with Gasteiger partial charge in [0, 0.05) is 42.2 Å². The fourth-order valence-electron chi connectivity index (χ4n) is 3.63. The minimum atomic E-state index is 0.828. The largest absolute Gasteiger partial charge is 0.379 e. The van der Waals surface area contributed by atoms with E-state index in [0.717, 1.165) is 65.0 Å². The van der Waals surface area contributed by atoms with E-state index in [9.17, 15) is 0 Å². The summed E-state index contributed by atoms with van der Waals surface area (Å²) in [5.74, 6) is 0. The third-order valence-electron chi connectivity index (χ3n) is 5.10. The summed E-state index contributed by atoms with van der Waals surface area (Å²) in [5.41, 5.74) is 5.51. The minimum absolute atomic E-state index is 0.828. The van der Waals surface area contributed by atoms with Gasteiger partial charge in [-0.2, -0.15) is 0 Å². The van der Waals surface area contributed by atoms with E-state index in [1.54, 1.807) is 0 Å². The molecule has 4 aromatic rings. The molecule has 0 spiro atoms. The second-order valence-electron chi connectivity index (χ2n) is 6.88. The monoisotopic (exact) mass is 422 g/mol. The number of rotatable bonds is 3. The number of hydrogen-bond donors (Lipinski definition) is 1. The molecule has 1 aliphatic heterocycles. The van der Waals surface area contributed by atoms with E-state index in [0.29, 0.717) is 0 Å². The number of H-pyrrole nitrogens is 1. The number of nitrogens with zero attached hydrogens (tertiary/aromatic N) is 3. The van der Waals surface area contributed by atoms with Crippen LogP contribution in [0.3, 0.4) is 0 Å². The van der Waals surface area contributed by atoms with Crippen LogP contribution in [0.1, 0.15) is 5.56 Å². The van der Waals surface area contributed by atoms with Crippen molar-refractivity contribution in [1.82, 2.24) is 19.9 Å². The van der Waals surface area contributed by atoms with Crippen LogP contribution >= 0.6 is 15.9 Å². The van der Waals surface area contributed by atoms with Crippen molar-refractivity contribution < 1.29 is 4.74 Å². The third kappa shape index (κ3) is 3.36. The number of aromatic nitrogens is 3. The lowest BCUT2D eigenvalue weighted by Crippen LogP contribution is -2.35. The van der Waals surface area contributed by atoms with E-state index in [4.69, 9.17) is 4.74 Å². The van der Waals surface area contributed by atoms with Crippen molar-refractivity contribution >= 4 is 37.9 Å². The number of fused-ring (bicyclic) bond motifs is 3. The van der Waals surface area contributed by atoms with Gasteiger partial charge in [-0.15, -0.1) is 0 Å². The van der Waals surface area contributed by atoms with Crippen LogP contribution in [0.25, 0.3) is 33.1 Å². The fraction of sp³-hybridized carbons (Fsp3) is 0.238. The van der Waals surface area contributed by atoms with Crippen LogP contribution in [0, 0.1) is 0 Å². The third-order valence-corrected chi connectivity index (χ3v) is 5.53. The highest BCUT2D eigenvalue weighted by Gasteiger charge is 2.11. The molecule has 3 aromatic heterocycles. The lowest BCUT2D eigenvalue weighted by atomic mass is 10.0. The van der Waals surface area contributed by atoms with Crippen molar-refractivity contribution in [2.75, 3.05) is 26.3 Å². The molecule has 0 unspecified atom stereocenters. The van der Waals surface area contributed by atoms with Gasteiger partial charge in [0.05, 0.1) is 24.9 Å². The maximum absolute atomic E-state index is 5.42. The van der Waals surface area contributed by atoms with Gasteiger partial charge in [0.25, 0.3) is 0 Å². The summed E-state index contributed by atoms with van der Waals surface area (Å²) in [6.07, 6.45) is 3.76. The molecule has 0 radical (unpaired) electrons. The van der Waals surface area contributed by atoms with E-state index in [1.165, 1.54) is 11.1 Å². The number of hydrogen-bond acceptors (Lipinski definition) is 4. The normalized spacial score (nSPS) is 15.6. The number of benzene rings is 1. The van der Waals surface area contributed by atoms with Crippen LogP contribution in [0.4, 0.5) is 0 Å². The van der Waals surface area contributed by atoms with Crippen molar-refractivity contribution in [3.8, 4) is 11.1 Å². The first kappa shape index (κ1) is 16.9. The molecule has 1 aromatic carbocycles. The zero-order chi connectivity index (χ0) is 18.2. The van der Waals surface area contributed by atoms with Gasteiger partial charge in [-0.05, 0) is 39.2 Å². The van der Waals surface area contributed by atoms with Crippen molar-refractivity contribution in [2.24, 2.45) is 0 Å². The SMILES string of the molecule is Brc1cc2c(cn1)[nH]c1ncc(-c3ccc(CN4CCOCC4)cc3)cc12. The second-order valence-corrected chi connectivity index (χ2v) is 7.70. The summed E-state index contributed by atoms with van der Waals surface area (Å²) < 4.78 is 6.25. The molecular weight excluding hydrogens is 404 g/mol. The highest BCUT2D eigenvalue weighted by Crippen LogP contribution is 2.29. The molecule has 4 heterocycles. The Bertz CT molecular complexity index is 1100. The first-order chi connectivity index (χ1) is 13.3. The van der Waals surface area contributed by atoms with Gasteiger partial charge in [0.15, 0.2) is 0 Å². The predicted octanol–water partition coefficient (Wildman–Crippen LogP) is 4.37. The van der Waals surface area contributed by atoms with Gasteiger partial charge < -0.3 is 9.72 Å². The molecule has 1 fully saturated rings. The second kappa shape index (κ2) is 7.03. The Morgan fingerprint density at radius 1 is 0.963 bits per heavy atom. The first-order valence-corrected chi connectivity index (χ1v) is 9.88. The molecule has 0 atom stereocenters. The molecule has 1 N–H and O–H groups in total. The van der Waals surface area contributed by atoms with Gasteiger partial charge in [0.1, 0.15) is 10.3 Å². The average Bonchev–Trinajstić information content (AvgIpc) is 3.06. The number of aromatic amines is 1. The summed E-state index contributed by atoms with van der Waals surface area (Å²) in [5, 5.41) is 2.24. The van der Waals surface area contributed by atoms with E-state index in [1.807, 2.05) is 18.5 Å². The van der Waals surface area contributed by atoms with E-state index in [2.05, 4.69) is 66.1 Å². The molecule has 27 heavy (non-hydrogen) atoms. The van der Waals surface area contributed by atoms with Crippen LogP contribution in [0.15, 0.2) is 53.4 Å². The molecule has 6 heteroatoms. The maximum atomic E-state index is 5.42. The summed E-state index contributed by atoms with van der Waals surface area (Å²) in [6, 6.07) is 13.0. The molecule has 1 aliphatic rings. The Kier molecular flexibility index (Phi) is 4.39. The number of morpholine rings is 1. The van der Waals surface area contributed by atoms with Gasteiger partial charge >= 0.3 is 0 Å². The lowest BCUT2D eigenvalue weighted by molar-refractivity contribution is 0.0342. The Balaban J connectivity index is 1.45. The first-order valence-electron chi connectivity index (χ1n) is 9.09. The lowest BCUT2D eigenvalue weighted by Gasteiger charge is -2.26. The van der Waals surface area contributed by atoms with Crippen LogP contribution in [0.2, 0.25) is 0 Å². The minimum Gasteiger partial charge on any atom is -0.379 e. The van der Waals surface area contributed by atoms with Crippen LogP contribution in [-0.4, -0.2) is 46.2 Å². The zero-order valence-electron chi connectivity index (χ0n) is 14.8. The van der Waals surface area contributed by atoms with Crippen molar-refractivity contribution in [3.63, 3.8) is 0 Å². The molecule has 0 bridgehead atoms. The molecule has 1 saturated heterocycles.